The fourth-order valence-electron chi connectivity index (χ4n) is 2.98. The molecular weight excluding hydrogens is 322 g/mol. The van der Waals surface area contributed by atoms with Gasteiger partial charge in [-0.2, -0.15) is 0 Å². The van der Waals surface area contributed by atoms with Crippen molar-refractivity contribution < 1.29 is 0 Å². The van der Waals surface area contributed by atoms with Crippen LogP contribution in [-0.4, -0.2) is 46.7 Å². The van der Waals surface area contributed by atoms with E-state index in [-0.39, 0.29) is 0 Å². The van der Waals surface area contributed by atoms with Gasteiger partial charge in [0.15, 0.2) is 0 Å². The van der Waals surface area contributed by atoms with Gasteiger partial charge in [-0.3, -0.25) is 9.80 Å². The first-order valence-corrected chi connectivity index (χ1v) is 10.2. The Morgan fingerprint density at radius 3 is 2.43 bits per heavy atom. The zero-order valence-electron chi connectivity index (χ0n) is 13.8. The first-order valence-electron chi connectivity index (χ1n) is 8.38. The second-order valence-corrected chi connectivity index (χ2v) is 8.23. The Morgan fingerprint density at radius 2 is 1.78 bits per heavy atom. The largest absolute Gasteiger partial charge is 0.298 e. The standard InChI is InChI=1S/C18H25N3S2/c1-2-22-17-6-4-16(5-7-17)14-20-9-3-10-21(12-11-20)15-18-19-8-13-23-18/h4-8,13H,2-3,9-12,14-15H2,1H3. The molecule has 1 aromatic heterocycles. The van der Waals surface area contributed by atoms with Crippen LogP contribution in [0.4, 0.5) is 0 Å². The van der Waals surface area contributed by atoms with Crippen LogP contribution >= 0.6 is 23.1 Å². The fraction of sp³-hybridized carbons (Fsp3) is 0.500. The Kier molecular flexibility index (Phi) is 6.51. The molecule has 1 fully saturated rings. The number of thiazole rings is 1. The van der Waals surface area contributed by atoms with E-state index in [0.29, 0.717) is 0 Å². The van der Waals surface area contributed by atoms with Crippen molar-refractivity contribution in [2.24, 2.45) is 0 Å². The van der Waals surface area contributed by atoms with Crippen LogP contribution in [0.3, 0.4) is 0 Å². The van der Waals surface area contributed by atoms with Crippen molar-refractivity contribution in [2.45, 2.75) is 31.3 Å². The van der Waals surface area contributed by atoms with Crippen LogP contribution in [0.1, 0.15) is 23.9 Å². The van der Waals surface area contributed by atoms with E-state index >= 15 is 0 Å². The third-order valence-corrected chi connectivity index (χ3v) is 5.82. The van der Waals surface area contributed by atoms with Crippen LogP contribution in [0.15, 0.2) is 40.7 Å². The Labute approximate surface area is 147 Å². The van der Waals surface area contributed by atoms with Gasteiger partial charge in [0.05, 0.1) is 6.54 Å². The van der Waals surface area contributed by atoms with Crippen molar-refractivity contribution >= 4 is 23.1 Å². The summed E-state index contributed by atoms with van der Waals surface area (Å²) in [5.41, 5.74) is 1.43. The van der Waals surface area contributed by atoms with Gasteiger partial charge in [-0.1, -0.05) is 19.1 Å². The second-order valence-electron chi connectivity index (χ2n) is 5.91. The van der Waals surface area contributed by atoms with Crippen molar-refractivity contribution in [3.05, 3.63) is 46.4 Å². The molecule has 2 heterocycles. The summed E-state index contributed by atoms with van der Waals surface area (Å²) in [5.74, 6) is 1.14. The van der Waals surface area contributed by atoms with Gasteiger partial charge >= 0.3 is 0 Å². The van der Waals surface area contributed by atoms with E-state index < -0.39 is 0 Å². The Hall–Kier alpha value is -0.880. The maximum atomic E-state index is 4.41. The van der Waals surface area contributed by atoms with E-state index in [4.69, 9.17) is 0 Å². The summed E-state index contributed by atoms with van der Waals surface area (Å²) in [5, 5.41) is 3.31. The summed E-state index contributed by atoms with van der Waals surface area (Å²) >= 11 is 3.67. The molecule has 3 rings (SSSR count). The molecule has 1 aliphatic rings. The quantitative estimate of drug-likeness (QED) is 0.736. The maximum absolute atomic E-state index is 4.41. The van der Waals surface area contributed by atoms with Crippen LogP contribution in [0.5, 0.6) is 0 Å². The fourth-order valence-corrected chi connectivity index (χ4v) is 4.30. The summed E-state index contributed by atoms with van der Waals surface area (Å²) < 4.78 is 0. The monoisotopic (exact) mass is 347 g/mol. The minimum Gasteiger partial charge on any atom is -0.298 e. The number of nitrogens with zero attached hydrogens (tertiary/aromatic N) is 3. The zero-order valence-corrected chi connectivity index (χ0v) is 15.4. The van der Waals surface area contributed by atoms with Gasteiger partial charge in [0, 0.05) is 36.1 Å². The highest BCUT2D eigenvalue weighted by Crippen LogP contribution is 2.19. The normalized spacial score (nSPS) is 17.3. The lowest BCUT2D eigenvalue weighted by Crippen LogP contribution is -2.30. The molecule has 0 saturated carbocycles. The van der Waals surface area contributed by atoms with Gasteiger partial charge in [-0.15, -0.1) is 23.1 Å². The second kappa shape index (κ2) is 8.83. The van der Waals surface area contributed by atoms with Crippen LogP contribution < -0.4 is 0 Å². The van der Waals surface area contributed by atoms with Gasteiger partial charge < -0.3 is 0 Å². The molecule has 124 valence electrons. The van der Waals surface area contributed by atoms with Gasteiger partial charge in [0.2, 0.25) is 0 Å². The first-order chi connectivity index (χ1) is 11.3. The summed E-state index contributed by atoms with van der Waals surface area (Å²) in [6.45, 7) is 8.95. The Balaban J connectivity index is 1.49. The van der Waals surface area contributed by atoms with Gasteiger partial charge in [0.25, 0.3) is 0 Å². The summed E-state index contributed by atoms with van der Waals surface area (Å²) in [6, 6.07) is 9.10. The predicted octanol–water partition coefficient (Wildman–Crippen LogP) is 3.96. The van der Waals surface area contributed by atoms with Crippen LogP contribution in [0.2, 0.25) is 0 Å². The third-order valence-electron chi connectivity index (χ3n) is 4.16. The van der Waals surface area contributed by atoms with Crippen molar-refractivity contribution in [1.82, 2.24) is 14.8 Å². The number of rotatable bonds is 6. The highest BCUT2D eigenvalue weighted by Gasteiger charge is 2.15. The molecule has 0 N–H and O–H groups in total. The zero-order chi connectivity index (χ0) is 15.9. The predicted molar refractivity (Wildman–Crippen MR) is 100 cm³/mol. The molecule has 1 saturated heterocycles. The highest BCUT2D eigenvalue weighted by atomic mass is 32.2. The number of benzene rings is 1. The lowest BCUT2D eigenvalue weighted by atomic mass is 10.2. The molecule has 0 bridgehead atoms. The molecule has 0 atom stereocenters. The molecule has 0 aliphatic carbocycles. The molecule has 2 aromatic rings. The van der Waals surface area contributed by atoms with Crippen molar-refractivity contribution in [3.63, 3.8) is 0 Å². The molecule has 0 spiro atoms. The number of hydrogen-bond donors (Lipinski definition) is 0. The molecule has 5 heteroatoms. The summed E-state index contributed by atoms with van der Waals surface area (Å²) in [7, 11) is 0. The van der Waals surface area contributed by atoms with Crippen molar-refractivity contribution in [1.29, 1.82) is 0 Å². The lowest BCUT2D eigenvalue weighted by Gasteiger charge is -2.21. The number of aromatic nitrogens is 1. The summed E-state index contributed by atoms with van der Waals surface area (Å²) in [4.78, 5) is 10.9. The van der Waals surface area contributed by atoms with E-state index in [9.17, 15) is 0 Å². The molecule has 1 aromatic carbocycles. The van der Waals surface area contributed by atoms with Crippen LogP contribution in [-0.2, 0) is 13.1 Å². The minimum atomic E-state index is 1.01. The van der Waals surface area contributed by atoms with E-state index in [1.54, 1.807) is 11.3 Å². The lowest BCUT2D eigenvalue weighted by molar-refractivity contribution is 0.247. The SMILES string of the molecule is CCSc1ccc(CN2CCCN(Cc3nccs3)CC2)cc1. The molecule has 1 aliphatic heterocycles. The minimum absolute atomic E-state index is 1.01. The average Bonchev–Trinajstić information content (AvgIpc) is 2.97. The average molecular weight is 348 g/mol. The molecule has 0 radical (unpaired) electrons. The molecule has 23 heavy (non-hydrogen) atoms. The molecule has 0 amide bonds. The smallest absolute Gasteiger partial charge is 0.107 e. The third kappa shape index (κ3) is 5.31. The van der Waals surface area contributed by atoms with E-state index in [1.165, 1.54) is 35.0 Å². The number of thioether (sulfide) groups is 1. The van der Waals surface area contributed by atoms with E-state index in [2.05, 4.69) is 51.4 Å². The van der Waals surface area contributed by atoms with Crippen LogP contribution in [0.25, 0.3) is 0 Å². The van der Waals surface area contributed by atoms with Gasteiger partial charge in [-0.25, -0.2) is 4.98 Å². The molecule has 3 nitrogen and oxygen atoms in total. The Bertz CT molecular complexity index is 568. The number of hydrogen-bond acceptors (Lipinski definition) is 5. The topological polar surface area (TPSA) is 19.4 Å². The van der Waals surface area contributed by atoms with Crippen molar-refractivity contribution in [2.75, 3.05) is 31.9 Å². The molecule has 0 unspecified atom stereocenters. The summed E-state index contributed by atoms with van der Waals surface area (Å²) in [6.07, 6.45) is 3.15. The van der Waals surface area contributed by atoms with Crippen molar-refractivity contribution in [3.8, 4) is 0 Å². The van der Waals surface area contributed by atoms with E-state index in [1.807, 2.05) is 18.0 Å². The van der Waals surface area contributed by atoms with Gasteiger partial charge in [-0.05, 0) is 43.0 Å². The van der Waals surface area contributed by atoms with E-state index in [0.717, 1.165) is 31.9 Å². The highest BCUT2D eigenvalue weighted by molar-refractivity contribution is 7.99. The van der Waals surface area contributed by atoms with Crippen LogP contribution in [0, 0.1) is 0 Å². The van der Waals surface area contributed by atoms with Gasteiger partial charge in [0.1, 0.15) is 5.01 Å². The first kappa shape index (κ1) is 17.0. The molecular formula is C18H25N3S2. The Morgan fingerprint density at radius 1 is 1.04 bits per heavy atom. The maximum Gasteiger partial charge on any atom is 0.107 e.